The van der Waals surface area contributed by atoms with E-state index in [0.29, 0.717) is 32.7 Å². The van der Waals surface area contributed by atoms with Crippen LogP contribution in [-0.2, 0) is 0 Å². The summed E-state index contributed by atoms with van der Waals surface area (Å²) in [6.45, 7) is 0. The van der Waals surface area contributed by atoms with Gasteiger partial charge in [0.15, 0.2) is 11.2 Å². The Morgan fingerprint density at radius 2 is 0.868 bits per heavy atom. The molecule has 0 spiro atoms. The molecule has 6 rings (SSSR count). The Hall–Kier alpha value is -5.50. The van der Waals surface area contributed by atoms with E-state index in [1.165, 1.54) is 12.1 Å². The third-order valence-corrected chi connectivity index (χ3v) is 6.18. The smallest absolute Gasteiger partial charge is 0.360 e. The second-order valence-corrected chi connectivity index (χ2v) is 8.57. The highest BCUT2D eigenvalue weighted by Gasteiger charge is 2.19. The van der Waals surface area contributed by atoms with Crippen LogP contribution in [0.5, 0.6) is 0 Å². The molecular weight excluding hydrogens is 484 g/mol. The van der Waals surface area contributed by atoms with Crippen LogP contribution in [0.2, 0.25) is 0 Å². The molecule has 8 nitrogen and oxygen atoms in total. The van der Waals surface area contributed by atoms with Crippen molar-refractivity contribution in [3.63, 3.8) is 0 Å². The molecule has 2 aromatic heterocycles. The molecule has 0 fully saturated rings. The average Bonchev–Trinajstić information content (AvgIpc) is 2.95. The number of hydrogen-bond acceptors (Lipinski definition) is 6. The molecule has 2 heterocycles. The normalized spacial score (nSPS) is 11.1. The van der Waals surface area contributed by atoms with E-state index in [1.807, 2.05) is 24.3 Å². The third kappa shape index (κ3) is 4.00. The van der Waals surface area contributed by atoms with E-state index < -0.39 is 23.1 Å². The molecule has 6 aromatic rings. The predicted molar refractivity (Wildman–Crippen MR) is 145 cm³/mol. The van der Waals surface area contributed by atoms with Crippen molar-refractivity contribution in [3.8, 4) is 0 Å². The Kier molecular flexibility index (Phi) is 5.54. The summed E-state index contributed by atoms with van der Waals surface area (Å²) in [4.78, 5) is 51.1. The predicted octanol–water partition coefficient (Wildman–Crippen LogP) is 5.56. The summed E-state index contributed by atoms with van der Waals surface area (Å²) in [7, 11) is 0. The SMILES string of the molecule is O=C(Nc1cc2c3ccccc3c3cc(NC(=O)c4ccccc4)c(=O)oc3c2oc1=O)c1ccccc1. The van der Waals surface area contributed by atoms with Gasteiger partial charge in [0.2, 0.25) is 0 Å². The number of carbonyl (C=O) groups excluding carboxylic acids is 2. The highest BCUT2D eigenvalue weighted by molar-refractivity contribution is 6.23. The molecule has 184 valence electrons. The Morgan fingerprint density at radius 1 is 0.500 bits per heavy atom. The van der Waals surface area contributed by atoms with Crippen LogP contribution in [-0.4, -0.2) is 11.8 Å². The lowest BCUT2D eigenvalue weighted by atomic mass is 10.0. The van der Waals surface area contributed by atoms with E-state index in [4.69, 9.17) is 8.83 Å². The first kappa shape index (κ1) is 22.9. The number of nitrogens with one attached hydrogen (secondary N) is 2. The number of rotatable bonds is 4. The third-order valence-electron chi connectivity index (χ3n) is 6.18. The van der Waals surface area contributed by atoms with Crippen LogP contribution in [0.1, 0.15) is 20.7 Å². The number of hydrogen-bond donors (Lipinski definition) is 2. The number of benzene rings is 4. The quantitative estimate of drug-likeness (QED) is 0.241. The van der Waals surface area contributed by atoms with Gasteiger partial charge in [-0.1, -0.05) is 60.7 Å². The minimum absolute atomic E-state index is 0.0510. The minimum atomic E-state index is -0.803. The van der Waals surface area contributed by atoms with Gasteiger partial charge in [-0.15, -0.1) is 0 Å². The van der Waals surface area contributed by atoms with E-state index in [2.05, 4.69) is 10.6 Å². The second kappa shape index (κ2) is 9.18. The lowest BCUT2D eigenvalue weighted by Crippen LogP contribution is -2.18. The average molecular weight is 502 g/mol. The molecule has 4 aromatic carbocycles. The van der Waals surface area contributed by atoms with Crippen molar-refractivity contribution in [2.45, 2.75) is 0 Å². The highest BCUT2D eigenvalue weighted by atomic mass is 16.4. The molecule has 0 bridgehead atoms. The van der Waals surface area contributed by atoms with Crippen molar-refractivity contribution in [2.75, 3.05) is 10.6 Å². The molecular formula is C30H18N2O6. The molecule has 0 radical (unpaired) electrons. The van der Waals surface area contributed by atoms with Crippen molar-refractivity contribution in [1.29, 1.82) is 0 Å². The number of fused-ring (bicyclic) bond motifs is 6. The lowest BCUT2D eigenvalue weighted by molar-refractivity contribution is 0.101. The topological polar surface area (TPSA) is 119 Å². The molecule has 8 heteroatoms. The maximum atomic E-state index is 12.9. The first-order chi connectivity index (χ1) is 18.5. The Bertz CT molecular complexity index is 1850. The fourth-order valence-electron chi connectivity index (χ4n) is 4.38. The molecule has 0 saturated carbocycles. The van der Waals surface area contributed by atoms with Gasteiger partial charge >= 0.3 is 11.3 Å². The van der Waals surface area contributed by atoms with Crippen LogP contribution in [0.4, 0.5) is 11.4 Å². The maximum absolute atomic E-state index is 12.9. The van der Waals surface area contributed by atoms with Crippen LogP contribution in [0, 0.1) is 0 Å². The van der Waals surface area contributed by atoms with E-state index in [9.17, 15) is 19.2 Å². The molecule has 0 aliphatic heterocycles. The lowest BCUT2D eigenvalue weighted by Gasteiger charge is -2.11. The van der Waals surface area contributed by atoms with Crippen LogP contribution >= 0.6 is 0 Å². The summed E-state index contributed by atoms with van der Waals surface area (Å²) < 4.78 is 11.2. The summed E-state index contributed by atoms with van der Waals surface area (Å²) in [6.07, 6.45) is 0. The monoisotopic (exact) mass is 502 g/mol. The molecule has 2 N–H and O–H groups in total. The molecule has 0 saturated heterocycles. The first-order valence-corrected chi connectivity index (χ1v) is 11.7. The number of carbonyl (C=O) groups is 2. The molecule has 38 heavy (non-hydrogen) atoms. The largest absolute Gasteiger partial charge is 0.417 e. The van der Waals surface area contributed by atoms with Crippen molar-refractivity contribution >= 4 is 55.9 Å². The van der Waals surface area contributed by atoms with E-state index in [-0.39, 0.29) is 22.5 Å². The molecule has 0 aliphatic carbocycles. The van der Waals surface area contributed by atoms with Gasteiger partial charge in [-0.3, -0.25) is 9.59 Å². The van der Waals surface area contributed by atoms with Gasteiger partial charge < -0.3 is 19.5 Å². The van der Waals surface area contributed by atoms with Gasteiger partial charge in [-0.25, -0.2) is 9.59 Å². The summed E-state index contributed by atoms with van der Waals surface area (Å²) in [5.74, 6) is -0.930. The van der Waals surface area contributed by atoms with Gasteiger partial charge in [0.1, 0.15) is 11.4 Å². The number of anilines is 2. The van der Waals surface area contributed by atoms with Crippen LogP contribution in [0.25, 0.3) is 32.7 Å². The summed E-state index contributed by atoms with van der Waals surface area (Å²) in [6, 6.07) is 27.3. The van der Waals surface area contributed by atoms with Crippen LogP contribution in [0.15, 0.2) is 115 Å². The van der Waals surface area contributed by atoms with Crippen molar-refractivity contribution < 1.29 is 18.4 Å². The molecule has 2 amide bonds. The number of amides is 2. The van der Waals surface area contributed by atoms with Crippen molar-refractivity contribution in [2.24, 2.45) is 0 Å². The van der Waals surface area contributed by atoms with Gasteiger partial charge in [-0.2, -0.15) is 0 Å². The maximum Gasteiger partial charge on any atom is 0.360 e. The van der Waals surface area contributed by atoms with E-state index in [1.54, 1.807) is 60.7 Å². The minimum Gasteiger partial charge on any atom is -0.417 e. The zero-order chi connectivity index (χ0) is 26.2. The summed E-state index contributed by atoms with van der Waals surface area (Å²) >= 11 is 0. The summed E-state index contributed by atoms with van der Waals surface area (Å²) in [5.41, 5.74) is -0.836. The highest BCUT2D eigenvalue weighted by Crippen LogP contribution is 2.35. The van der Waals surface area contributed by atoms with Crippen LogP contribution < -0.4 is 21.9 Å². The van der Waals surface area contributed by atoms with Gasteiger partial charge in [0, 0.05) is 21.9 Å². The van der Waals surface area contributed by atoms with Gasteiger partial charge in [-0.05, 0) is 47.2 Å². The fraction of sp³-hybridized carbons (Fsp3) is 0. The molecule has 0 unspecified atom stereocenters. The zero-order valence-electron chi connectivity index (χ0n) is 19.7. The zero-order valence-corrected chi connectivity index (χ0v) is 19.7. The Morgan fingerprint density at radius 3 is 1.26 bits per heavy atom. The van der Waals surface area contributed by atoms with E-state index >= 15 is 0 Å². The van der Waals surface area contributed by atoms with Crippen molar-refractivity contribution in [3.05, 3.63) is 129 Å². The van der Waals surface area contributed by atoms with Gasteiger partial charge in [0.25, 0.3) is 11.8 Å². The van der Waals surface area contributed by atoms with Gasteiger partial charge in [0.05, 0.1) is 0 Å². The fourth-order valence-corrected chi connectivity index (χ4v) is 4.38. The second-order valence-electron chi connectivity index (χ2n) is 8.57. The molecule has 0 aliphatic rings. The van der Waals surface area contributed by atoms with Crippen LogP contribution in [0.3, 0.4) is 0 Å². The summed E-state index contributed by atoms with van der Waals surface area (Å²) in [5, 5.41) is 7.55. The Balaban J connectivity index is 1.51. The standard InChI is InChI=1S/C30H18N2O6/c33-27(17-9-3-1-4-10-17)31-23-15-21-19-13-7-8-14-20(19)22-16-24(32-28(34)18-11-5-2-6-12-18)30(36)38-26(22)25(21)37-29(23)35/h1-16H,(H,31,33)(H,32,34). The van der Waals surface area contributed by atoms with Crippen molar-refractivity contribution in [1.82, 2.24) is 0 Å². The molecule has 0 atom stereocenters. The van der Waals surface area contributed by atoms with E-state index in [0.717, 1.165) is 0 Å². The Labute approximate surface area is 214 Å². The first-order valence-electron chi connectivity index (χ1n) is 11.7.